The Morgan fingerprint density at radius 3 is 2.69 bits per heavy atom. The Bertz CT molecular complexity index is 312. The van der Waals surface area contributed by atoms with Gasteiger partial charge in [0.1, 0.15) is 12.1 Å². The van der Waals surface area contributed by atoms with E-state index in [9.17, 15) is 9.18 Å². The summed E-state index contributed by atoms with van der Waals surface area (Å²) in [6, 6.07) is 4.30. The fraction of sp³-hybridized carbons (Fsp3) is 0.300. The number of carbonyl (C=O) groups is 1. The Labute approximate surface area is 77.0 Å². The molecular formula is C10H12FNO. The van der Waals surface area contributed by atoms with Crippen LogP contribution in [0.4, 0.5) is 10.1 Å². The van der Waals surface area contributed by atoms with E-state index in [0.717, 1.165) is 12.2 Å². The quantitative estimate of drug-likeness (QED) is 0.665. The maximum Gasteiger partial charge on any atom is 0.150 e. The molecule has 0 spiro atoms. The van der Waals surface area contributed by atoms with Crippen molar-refractivity contribution in [2.24, 2.45) is 0 Å². The predicted octanol–water partition coefficient (Wildman–Crippen LogP) is 2.09. The van der Waals surface area contributed by atoms with Gasteiger partial charge in [-0.25, -0.2) is 4.39 Å². The number of rotatable bonds is 3. The first-order valence-electron chi connectivity index (χ1n) is 4.14. The largest absolute Gasteiger partial charge is 0.375 e. The molecular weight excluding hydrogens is 169 g/mol. The molecule has 0 heterocycles. The average molecular weight is 181 g/mol. The lowest BCUT2D eigenvalue weighted by Gasteiger charge is -2.16. The summed E-state index contributed by atoms with van der Waals surface area (Å²) in [7, 11) is 1.85. The van der Waals surface area contributed by atoms with Crippen LogP contribution in [0.15, 0.2) is 18.2 Å². The number of carbonyl (C=O) groups excluding carboxylic acids is 1. The number of aldehydes is 1. The number of halogens is 1. The number of anilines is 1. The van der Waals surface area contributed by atoms with E-state index in [1.807, 2.05) is 18.9 Å². The van der Waals surface area contributed by atoms with Gasteiger partial charge < -0.3 is 4.90 Å². The highest BCUT2D eigenvalue weighted by Gasteiger charge is 2.02. The highest BCUT2D eigenvalue weighted by atomic mass is 19.1. The molecule has 1 aromatic rings. The summed E-state index contributed by atoms with van der Waals surface area (Å²) in [5.74, 6) is -0.375. The van der Waals surface area contributed by atoms with Crippen molar-refractivity contribution in [2.45, 2.75) is 6.92 Å². The van der Waals surface area contributed by atoms with Gasteiger partial charge in [0, 0.05) is 24.8 Å². The van der Waals surface area contributed by atoms with Crippen LogP contribution >= 0.6 is 0 Å². The van der Waals surface area contributed by atoms with Gasteiger partial charge in [-0.05, 0) is 25.1 Å². The van der Waals surface area contributed by atoms with E-state index >= 15 is 0 Å². The molecule has 0 atom stereocenters. The Balaban J connectivity index is 3.07. The highest BCUT2D eigenvalue weighted by molar-refractivity contribution is 5.77. The van der Waals surface area contributed by atoms with Crippen LogP contribution in [0.25, 0.3) is 0 Å². The van der Waals surface area contributed by atoms with Crippen molar-refractivity contribution in [1.82, 2.24) is 0 Å². The fourth-order valence-corrected chi connectivity index (χ4v) is 1.07. The molecule has 0 aliphatic heterocycles. The zero-order chi connectivity index (χ0) is 9.84. The molecule has 0 bridgehead atoms. The Morgan fingerprint density at radius 2 is 2.15 bits per heavy atom. The van der Waals surface area contributed by atoms with E-state index in [-0.39, 0.29) is 5.82 Å². The lowest BCUT2D eigenvalue weighted by Crippen LogP contribution is -2.16. The van der Waals surface area contributed by atoms with Crippen LogP contribution in [0, 0.1) is 5.82 Å². The van der Waals surface area contributed by atoms with E-state index in [4.69, 9.17) is 0 Å². The molecule has 0 radical (unpaired) electrons. The normalized spacial score (nSPS) is 9.77. The number of benzene rings is 1. The maximum absolute atomic E-state index is 12.9. The zero-order valence-corrected chi connectivity index (χ0v) is 7.75. The van der Waals surface area contributed by atoms with Crippen molar-refractivity contribution < 1.29 is 9.18 Å². The maximum atomic E-state index is 12.9. The molecule has 0 aromatic heterocycles. The summed E-state index contributed by atoms with van der Waals surface area (Å²) in [6.07, 6.45) is 0.649. The van der Waals surface area contributed by atoms with Gasteiger partial charge in [0.2, 0.25) is 0 Å². The van der Waals surface area contributed by atoms with E-state index in [2.05, 4.69) is 0 Å². The van der Waals surface area contributed by atoms with E-state index in [0.29, 0.717) is 11.8 Å². The molecule has 2 nitrogen and oxygen atoms in total. The van der Waals surface area contributed by atoms with Gasteiger partial charge in [-0.3, -0.25) is 4.79 Å². The molecule has 0 aliphatic rings. The van der Waals surface area contributed by atoms with Crippen LogP contribution in [-0.2, 0) is 0 Å². The van der Waals surface area contributed by atoms with Gasteiger partial charge in [0.15, 0.2) is 0 Å². The Hall–Kier alpha value is -1.38. The molecule has 0 amide bonds. The van der Waals surface area contributed by atoms with Crippen LogP contribution in [-0.4, -0.2) is 19.9 Å². The van der Waals surface area contributed by atoms with Crippen molar-refractivity contribution in [3.63, 3.8) is 0 Å². The monoisotopic (exact) mass is 181 g/mol. The number of nitrogens with zero attached hydrogens (tertiary/aromatic N) is 1. The first-order chi connectivity index (χ1) is 6.17. The molecule has 13 heavy (non-hydrogen) atoms. The Kier molecular flexibility index (Phi) is 3.01. The summed E-state index contributed by atoms with van der Waals surface area (Å²) in [5.41, 5.74) is 1.10. The van der Waals surface area contributed by atoms with Gasteiger partial charge in [-0.1, -0.05) is 0 Å². The molecule has 0 fully saturated rings. The molecule has 0 aliphatic carbocycles. The summed E-state index contributed by atoms with van der Waals surface area (Å²) < 4.78 is 12.9. The molecule has 70 valence electrons. The minimum atomic E-state index is -0.375. The molecule has 1 rings (SSSR count). The van der Waals surface area contributed by atoms with E-state index in [1.165, 1.54) is 12.1 Å². The van der Waals surface area contributed by atoms with E-state index < -0.39 is 0 Å². The minimum Gasteiger partial charge on any atom is -0.375 e. The fourth-order valence-electron chi connectivity index (χ4n) is 1.07. The van der Waals surface area contributed by atoms with Crippen molar-refractivity contribution in [3.8, 4) is 0 Å². The minimum absolute atomic E-state index is 0.371. The summed E-state index contributed by atoms with van der Waals surface area (Å²) >= 11 is 0. The van der Waals surface area contributed by atoms with Crippen molar-refractivity contribution >= 4 is 12.0 Å². The van der Waals surface area contributed by atoms with Crippen LogP contribution in [0.3, 0.4) is 0 Å². The van der Waals surface area contributed by atoms with Crippen molar-refractivity contribution in [1.29, 1.82) is 0 Å². The van der Waals surface area contributed by atoms with Crippen LogP contribution in [0.2, 0.25) is 0 Å². The van der Waals surface area contributed by atoms with Gasteiger partial charge >= 0.3 is 0 Å². The van der Waals surface area contributed by atoms with Gasteiger partial charge in [-0.2, -0.15) is 0 Å². The molecule has 0 saturated heterocycles. The summed E-state index contributed by atoms with van der Waals surface area (Å²) in [4.78, 5) is 12.3. The lowest BCUT2D eigenvalue weighted by atomic mass is 10.2. The summed E-state index contributed by atoms with van der Waals surface area (Å²) in [5, 5.41) is 0. The smallest absolute Gasteiger partial charge is 0.150 e. The first-order valence-corrected chi connectivity index (χ1v) is 4.14. The van der Waals surface area contributed by atoms with Gasteiger partial charge in [0.05, 0.1) is 0 Å². The third-order valence-corrected chi connectivity index (χ3v) is 1.96. The third-order valence-electron chi connectivity index (χ3n) is 1.96. The van der Waals surface area contributed by atoms with Crippen molar-refractivity contribution in [3.05, 3.63) is 29.6 Å². The van der Waals surface area contributed by atoms with Gasteiger partial charge in [-0.15, -0.1) is 0 Å². The average Bonchev–Trinajstić information content (AvgIpc) is 2.15. The van der Waals surface area contributed by atoms with Crippen molar-refractivity contribution in [2.75, 3.05) is 18.5 Å². The molecule has 0 saturated carbocycles. The molecule has 1 aromatic carbocycles. The number of hydrogen-bond acceptors (Lipinski definition) is 2. The number of hydrogen-bond donors (Lipinski definition) is 0. The second-order valence-corrected chi connectivity index (χ2v) is 2.87. The second kappa shape index (κ2) is 4.03. The zero-order valence-electron chi connectivity index (χ0n) is 7.75. The van der Waals surface area contributed by atoms with Crippen LogP contribution in [0.5, 0.6) is 0 Å². The topological polar surface area (TPSA) is 20.3 Å². The first kappa shape index (κ1) is 9.71. The van der Waals surface area contributed by atoms with Gasteiger partial charge in [0.25, 0.3) is 0 Å². The highest BCUT2D eigenvalue weighted by Crippen LogP contribution is 2.16. The standard InChI is InChI=1S/C10H12FNO/c1-3-12(2)10-5-8(7-13)4-9(11)6-10/h4-7H,3H2,1-2H3. The molecule has 3 heteroatoms. The second-order valence-electron chi connectivity index (χ2n) is 2.87. The SMILES string of the molecule is CCN(C)c1cc(F)cc(C=O)c1. The molecule has 0 unspecified atom stereocenters. The lowest BCUT2D eigenvalue weighted by molar-refractivity contribution is 0.112. The Morgan fingerprint density at radius 1 is 1.46 bits per heavy atom. The van der Waals surface area contributed by atoms with Crippen LogP contribution < -0.4 is 4.90 Å². The molecule has 0 N–H and O–H groups in total. The third kappa shape index (κ3) is 2.28. The van der Waals surface area contributed by atoms with E-state index in [1.54, 1.807) is 6.07 Å². The van der Waals surface area contributed by atoms with Crippen LogP contribution in [0.1, 0.15) is 17.3 Å². The predicted molar refractivity (Wildman–Crippen MR) is 50.7 cm³/mol. The summed E-state index contributed by atoms with van der Waals surface area (Å²) in [6.45, 7) is 2.74.